The molecule has 7 heteroatoms. The molecule has 2 amide bonds. The molecular formula is C19H13ClN2O3S. The first kappa shape index (κ1) is 18.1. The van der Waals surface area contributed by atoms with E-state index in [9.17, 15) is 9.59 Å². The van der Waals surface area contributed by atoms with Gasteiger partial charge in [-0.25, -0.2) is 0 Å². The minimum absolute atomic E-state index is 0.0577. The number of amides is 2. The summed E-state index contributed by atoms with van der Waals surface area (Å²) in [6, 6.07) is 16.0. The highest BCUT2D eigenvalue weighted by atomic mass is 35.5. The lowest BCUT2D eigenvalue weighted by Gasteiger charge is -2.13. The minimum Gasteiger partial charge on any atom is -0.479 e. The van der Waals surface area contributed by atoms with Crippen LogP contribution in [-0.2, 0) is 11.3 Å². The molecule has 1 fully saturated rings. The molecule has 5 nitrogen and oxygen atoms in total. The number of rotatable bonds is 5. The summed E-state index contributed by atoms with van der Waals surface area (Å²) in [4.78, 5) is 26.3. The van der Waals surface area contributed by atoms with Crippen molar-refractivity contribution in [1.29, 1.82) is 5.26 Å². The number of benzene rings is 2. The molecule has 0 bridgehead atoms. The number of imide groups is 1. The van der Waals surface area contributed by atoms with Crippen LogP contribution >= 0.6 is 23.4 Å². The maximum absolute atomic E-state index is 12.6. The Hall–Kier alpha value is -2.75. The zero-order valence-electron chi connectivity index (χ0n) is 13.5. The molecule has 0 saturated carbocycles. The molecule has 1 saturated heterocycles. The van der Waals surface area contributed by atoms with E-state index >= 15 is 0 Å². The van der Waals surface area contributed by atoms with E-state index < -0.39 is 0 Å². The van der Waals surface area contributed by atoms with Crippen LogP contribution in [0.1, 0.15) is 11.1 Å². The van der Waals surface area contributed by atoms with Crippen LogP contribution in [0.3, 0.4) is 0 Å². The van der Waals surface area contributed by atoms with Gasteiger partial charge in [-0.15, -0.1) is 0 Å². The van der Waals surface area contributed by atoms with Gasteiger partial charge in [0.05, 0.1) is 11.4 Å². The van der Waals surface area contributed by atoms with Gasteiger partial charge in [0.1, 0.15) is 11.8 Å². The fourth-order valence-electron chi connectivity index (χ4n) is 2.39. The van der Waals surface area contributed by atoms with Crippen LogP contribution < -0.4 is 4.74 Å². The summed E-state index contributed by atoms with van der Waals surface area (Å²) in [5.74, 6) is 0.166. The fraction of sp³-hybridized carbons (Fsp3) is 0.105. The molecule has 1 aliphatic heterocycles. The van der Waals surface area contributed by atoms with E-state index in [1.54, 1.807) is 48.5 Å². The monoisotopic (exact) mass is 384 g/mol. The molecule has 0 radical (unpaired) electrons. The maximum Gasteiger partial charge on any atom is 0.293 e. The molecule has 0 aliphatic carbocycles. The normalized spacial score (nSPS) is 15.4. The first-order valence-electron chi connectivity index (χ1n) is 7.67. The smallest absolute Gasteiger partial charge is 0.293 e. The van der Waals surface area contributed by atoms with E-state index in [1.807, 2.05) is 12.1 Å². The molecule has 0 atom stereocenters. The van der Waals surface area contributed by atoms with Gasteiger partial charge in [-0.1, -0.05) is 41.9 Å². The topological polar surface area (TPSA) is 70.4 Å². The Kier molecular flexibility index (Phi) is 5.61. The number of nitrogens with zero attached hydrogens (tertiary/aromatic N) is 2. The zero-order valence-corrected chi connectivity index (χ0v) is 15.1. The lowest BCUT2D eigenvalue weighted by atomic mass is 10.2. The van der Waals surface area contributed by atoms with Crippen molar-refractivity contribution in [2.75, 3.05) is 6.61 Å². The van der Waals surface area contributed by atoms with E-state index in [4.69, 9.17) is 21.6 Å². The minimum atomic E-state index is -0.358. The van der Waals surface area contributed by atoms with Crippen LogP contribution in [0.25, 0.3) is 6.08 Å². The average molecular weight is 385 g/mol. The quantitative estimate of drug-likeness (QED) is 0.711. The van der Waals surface area contributed by atoms with Gasteiger partial charge in [0.2, 0.25) is 0 Å². The predicted octanol–water partition coefficient (Wildman–Crippen LogP) is 4.48. The summed E-state index contributed by atoms with van der Waals surface area (Å²) >= 11 is 7.00. The Bertz CT molecular complexity index is 936. The highest BCUT2D eigenvalue weighted by molar-refractivity contribution is 8.18. The molecular weight excluding hydrogens is 372 g/mol. The number of halogens is 1. The summed E-state index contributed by atoms with van der Waals surface area (Å²) in [6.07, 6.45) is 1.64. The highest BCUT2D eigenvalue weighted by Crippen LogP contribution is 2.34. The lowest BCUT2D eigenvalue weighted by molar-refractivity contribution is -0.123. The van der Waals surface area contributed by atoms with E-state index in [0.29, 0.717) is 26.8 Å². The molecule has 0 unspecified atom stereocenters. The number of hydrogen-bond donors (Lipinski definition) is 0. The van der Waals surface area contributed by atoms with Crippen molar-refractivity contribution in [2.24, 2.45) is 0 Å². The van der Waals surface area contributed by atoms with Gasteiger partial charge in [0.15, 0.2) is 6.61 Å². The summed E-state index contributed by atoms with van der Waals surface area (Å²) in [7, 11) is 0. The van der Waals surface area contributed by atoms with E-state index in [1.165, 1.54) is 4.90 Å². The van der Waals surface area contributed by atoms with E-state index in [-0.39, 0.29) is 24.3 Å². The van der Waals surface area contributed by atoms with Crippen LogP contribution in [0.2, 0.25) is 5.02 Å². The highest BCUT2D eigenvalue weighted by Gasteiger charge is 2.35. The summed E-state index contributed by atoms with van der Waals surface area (Å²) in [5, 5.41) is 8.75. The third-order valence-electron chi connectivity index (χ3n) is 3.62. The largest absolute Gasteiger partial charge is 0.479 e. The summed E-state index contributed by atoms with van der Waals surface area (Å²) in [5.41, 5.74) is 1.42. The lowest BCUT2D eigenvalue weighted by Crippen LogP contribution is -2.27. The first-order chi connectivity index (χ1) is 12.6. The van der Waals surface area contributed by atoms with Gasteiger partial charge in [0, 0.05) is 5.02 Å². The van der Waals surface area contributed by atoms with Gasteiger partial charge >= 0.3 is 0 Å². The second-order valence-corrected chi connectivity index (χ2v) is 6.78. The van der Waals surface area contributed by atoms with Crippen molar-refractivity contribution in [3.63, 3.8) is 0 Å². The van der Waals surface area contributed by atoms with Gasteiger partial charge in [-0.05, 0) is 47.2 Å². The molecule has 1 heterocycles. The standard InChI is InChI=1S/C19H13ClN2O3S/c20-16-7-2-1-5-14(16)12-22-18(23)17(26-19(22)24)11-13-4-3-6-15(10-13)25-9-8-21/h1-7,10-11H,9,12H2/b17-11-. The molecule has 0 spiro atoms. The van der Waals surface area contributed by atoms with Crippen molar-refractivity contribution in [1.82, 2.24) is 4.90 Å². The van der Waals surface area contributed by atoms with Crippen LogP contribution in [0.5, 0.6) is 5.75 Å². The third-order valence-corrected chi connectivity index (χ3v) is 4.90. The van der Waals surface area contributed by atoms with E-state index in [2.05, 4.69) is 0 Å². The number of carbonyl (C=O) groups is 2. The Morgan fingerprint density at radius 1 is 1.19 bits per heavy atom. The molecule has 0 aromatic heterocycles. The Labute approximate surface area is 159 Å². The number of hydrogen-bond acceptors (Lipinski definition) is 5. The van der Waals surface area contributed by atoms with Gasteiger partial charge < -0.3 is 4.74 Å². The van der Waals surface area contributed by atoms with Crippen LogP contribution in [0.4, 0.5) is 4.79 Å². The van der Waals surface area contributed by atoms with E-state index in [0.717, 1.165) is 11.8 Å². The van der Waals surface area contributed by atoms with Crippen molar-refractivity contribution in [3.05, 3.63) is 69.6 Å². The van der Waals surface area contributed by atoms with Crippen LogP contribution in [0, 0.1) is 11.3 Å². The first-order valence-corrected chi connectivity index (χ1v) is 8.86. The fourth-order valence-corrected chi connectivity index (χ4v) is 3.43. The second kappa shape index (κ2) is 8.09. The SMILES string of the molecule is N#CCOc1cccc(/C=C2\SC(=O)N(Cc3ccccc3Cl)C2=O)c1. The zero-order chi connectivity index (χ0) is 18.5. The molecule has 1 aliphatic rings. The number of thioether (sulfide) groups is 1. The number of carbonyl (C=O) groups excluding carboxylic acids is 2. The van der Waals surface area contributed by atoms with Crippen LogP contribution in [-0.4, -0.2) is 22.7 Å². The van der Waals surface area contributed by atoms with Crippen molar-refractivity contribution in [3.8, 4) is 11.8 Å². The maximum atomic E-state index is 12.6. The van der Waals surface area contributed by atoms with Crippen LogP contribution in [0.15, 0.2) is 53.4 Å². The van der Waals surface area contributed by atoms with Gasteiger partial charge in [0.25, 0.3) is 11.1 Å². The van der Waals surface area contributed by atoms with Gasteiger partial charge in [-0.3, -0.25) is 14.5 Å². The molecule has 3 rings (SSSR count). The second-order valence-electron chi connectivity index (χ2n) is 5.38. The Balaban J connectivity index is 1.79. The predicted molar refractivity (Wildman–Crippen MR) is 101 cm³/mol. The summed E-state index contributed by atoms with van der Waals surface area (Å²) in [6.45, 7) is 0.0742. The third kappa shape index (κ3) is 4.07. The molecule has 26 heavy (non-hydrogen) atoms. The Morgan fingerprint density at radius 2 is 2.00 bits per heavy atom. The molecule has 0 N–H and O–H groups in total. The van der Waals surface area contributed by atoms with Crippen molar-refractivity contribution < 1.29 is 14.3 Å². The molecule has 2 aromatic carbocycles. The number of nitriles is 1. The van der Waals surface area contributed by atoms with Gasteiger partial charge in [-0.2, -0.15) is 5.26 Å². The average Bonchev–Trinajstić information content (AvgIpc) is 2.89. The van der Waals surface area contributed by atoms with Crippen molar-refractivity contribution >= 4 is 40.6 Å². The van der Waals surface area contributed by atoms with Crippen molar-refractivity contribution in [2.45, 2.75) is 6.54 Å². The Morgan fingerprint density at radius 3 is 2.77 bits per heavy atom. The summed E-state index contributed by atoms with van der Waals surface area (Å²) < 4.78 is 5.25. The molecule has 2 aromatic rings. The molecule has 130 valence electrons. The number of ether oxygens (including phenoxy) is 1.